The van der Waals surface area contributed by atoms with Crippen molar-refractivity contribution >= 4 is 11.6 Å². The molecule has 0 heterocycles. The fourth-order valence-corrected chi connectivity index (χ4v) is 2.26. The Kier molecular flexibility index (Phi) is 7.14. The Morgan fingerprint density at radius 3 is 1.96 bits per heavy atom. The van der Waals surface area contributed by atoms with E-state index in [0.29, 0.717) is 42.6 Å². The zero-order valence-corrected chi connectivity index (χ0v) is 15.0. The summed E-state index contributed by atoms with van der Waals surface area (Å²) >= 11 is 0. The molecule has 5 heteroatoms. The van der Waals surface area contributed by atoms with Crippen molar-refractivity contribution in [3.05, 3.63) is 48.0 Å². The third-order valence-corrected chi connectivity index (χ3v) is 3.35. The van der Waals surface area contributed by atoms with Crippen LogP contribution in [0, 0.1) is 0 Å². The molecular formula is C20H25NO4. The number of hydrogen-bond donors (Lipinski definition) is 1. The second-order valence-electron chi connectivity index (χ2n) is 5.39. The van der Waals surface area contributed by atoms with Gasteiger partial charge in [-0.15, -0.1) is 0 Å². The van der Waals surface area contributed by atoms with Crippen molar-refractivity contribution in [1.82, 2.24) is 0 Å². The van der Waals surface area contributed by atoms with Gasteiger partial charge in [0.1, 0.15) is 17.2 Å². The molecule has 2 rings (SSSR count). The van der Waals surface area contributed by atoms with Gasteiger partial charge in [0.2, 0.25) is 0 Å². The first-order valence-electron chi connectivity index (χ1n) is 8.61. The van der Waals surface area contributed by atoms with E-state index < -0.39 is 0 Å². The number of carbonyl (C=O) groups is 1. The molecule has 0 spiro atoms. The summed E-state index contributed by atoms with van der Waals surface area (Å²) in [6, 6.07) is 12.5. The number of nitrogens with one attached hydrogen (secondary N) is 1. The number of anilines is 1. The van der Waals surface area contributed by atoms with Crippen molar-refractivity contribution in [2.24, 2.45) is 0 Å². The molecule has 1 N–H and O–H groups in total. The summed E-state index contributed by atoms with van der Waals surface area (Å²) < 4.78 is 16.6. The molecule has 0 saturated heterocycles. The van der Waals surface area contributed by atoms with Crippen molar-refractivity contribution in [2.75, 3.05) is 25.1 Å². The standard InChI is InChI=1S/C20H25NO4/c1-4-11-25-17-9-7-16(8-10-17)21-20(22)15-12-18(23-5-2)14-19(13-15)24-6-3/h7-10,12-14H,4-6,11H2,1-3H3,(H,21,22). The molecule has 0 aliphatic carbocycles. The van der Waals surface area contributed by atoms with Crippen molar-refractivity contribution < 1.29 is 19.0 Å². The molecule has 0 aromatic heterocycles. The van der Waals surface area contributed by atoms with E-state index in [1.165, 1.54) is 0 Å². The normalized spacial score (nSPS) is 10.2. The fourth-order valence-electron chi connectivity index (χ4n) is 2.26. The highest BCUT2D eigenvalue weighted by Gasteiger charge is 2.11. The number of carbonyl (C=O) groups excluding carboxylic acids is 1. The number of benzene rings is 2. The topological polar surface area (TPSA) is 56.8 Å². The summed E-state index contributed by atoms with van der Waals surface area (Å²) in [6.07, 6.45) is 0.955. The van der Waals surface area contributed by atoms with E-state index in [1.807, 2.05) is 38.1 Å². The van der Waals surface area contributed by atoms with Gasteiger partial charge in [0, 0.05) is 17.3 Å². The van der Waals surface area contributed by atoms with Crippen LogP contribution in [0.3, 0.4) is 0 Å². The van der Waals surface area contributed by atoms with E-state index >= 15 is 0 Å². The Labute approximate surface area is 148 Å². The minimum Gasteiger partial charge on any atom is -0.494 e. The Hall–Kier alpha value is -2.69. The van der Waals surface area contributed by atoms with E-state index in [4.69, 9.17) is 14.2 Å². The lowest BCUT2D eigenvalue weighted by molar-refractivity contribution is 0.102. The maximum atomic E-state index is 12.5. The van der Waals surface area contributed by atoms with Gasteiger partial charge in [-0.05, 0) is 56.7 Å². The minimum absolute atomic E-state index is 0.218. The minimum atomic E-state index is -0.218. The van der Waals surface area contributed by atoms with Crippen molar-refractivity contribution in [3.63, 3.8) is 0 Å². The van der Waals surface area contributed by atoms with Crippen LogP contribution in [0.4, 0.5) is 5.69 Å². The number of hydrogen-bond acceptors (Lipinski definition) is 4. The van der Waals surface area contributed by atoms with Gasteiger partial charge in [0.15, 0.2) is 0 Å². The van der Waals surface area contributed by atoms with E-state index in [9.17, 15) is 4.79 Å². The summed E-state index contributed by atoms with van der Waals surface area (Å²) in [6.45, 7) is 7.58. The molecule has 0 radical (unpaired) electrons. The van der Waals surface area contributed by atoms with Crippen LogP contribution in [0.5, 0.6) is 17.2 Å². The van der Waals surface area contributed by atoms with Crippen molar-refractivity contribution in [3.8, 4) is 17.2 Å². The second-order valence-corrected chi connectivity index (χ2v) is 5.39. The second kappa shape index (κ2) is 9.57. The Bertz CT molecular complexity index is 658. The average molecular weight is 343 g/mol. The molecule has 134 valence electrons. The van der Waals surface area contributed by atoms with Crippen LogP contribution in [0.1, 0.15) is 37.6 Å². The molecule has 5 nitrogen and oxygen atoms in total. The molecule has 25 heavy (non-hydrogen) atoms. The number of rotatable bonds is 9. The molecule has 0 aliphatic heterocycles. The third kappa shape index (κ3) is 5.71. The monoisotopic (exact) mass is 343 g/mol. The zero-order chi connectivity index (χ0) is 18.1. The Morgan fingerprint density at radius 2 is 1.44 bits per heavy atom. The lowest BCUT2D eigenvalue weighted by atomic mass is 10.1. The quantitative estimate of drug-likeness (QED) is 0.727. The van der Waals surface area contributed by atoms with E-state index in [2.05, 4.69) is 12.2 Å². The third-order valence-electron chi connectivity index (χ3n) is 3.35. The van der Waals surface area contributed by atoms with Gasteiger partial charge in [-0.3, -0.25) is 4.79 Å². The molecule has 0 atom stereocenters. The Balaban J connectivity index is 2.11. The average Bonchev–Trinajstić information content (AvgIpc) is 2.61. The van der Waals surface area contributed by atoms with Crippen LogP contribution in [0.15, 0.2) is 42.5 Å². The van der Waals surface area contributed by atoms with Crippen LogP contribution in [0.25, 0.3) is 0 Å². The molecular weight excluding hydrogens is 318 g/mol. The first kappa shape index (κ1) is 18.6. The highest BCUT2D eigenvalue weighted by atomic mass is 16.5. The number of amides is 1. The van der Waals surface area contributed by atoms with Gasteiger partial charge in [0.25, 0.3) is 5.91 Å². The van der Waals surface area contributed by atoms with Crippen LogP contribution in [-0.4, -0.2) is 25.7 Å². The summed E-state index contributed by atoms with van der Waals surface area (Å²) in [5.41, 5.74) is 1.19. The van der Waals surface area contributed by atoms with Gasteiger partial charge in [-0.25, -0.2) is 0 Å². The molecule has 0 saturated carbocycles. The molecule has 1 amide bonds. The molecule has 2 aromatic carbocycles. The first-order valence-corrected chi connectivity index (χ1v) is 8.61. The summed E-state index contributed by atoms with van der Waals surface area (Å²) in [5, 5.41) is 2.87. The lowest BCUT2D eigenvalue weighted by Crippen LogP contribution is -2.12. The zero-order valence-electron chi connectivity index (χ0n) is 15.0. The van der Waals surface area contributed by atoms with Crippen molar-refractivity contribution in [2.45, 2.75) is 27.2 Å². The molecule has 0 unspecified atom stereocenters. The maximum Gasteiger partial charge on any atom is 0.255 e. The summed E-state index contributed by atoms with van der Waals surface area (Å²) in [5.74, 6) is 1.80. The van der Waals surface area contributed by atoms with Crippen molar-refractivity contribution in [1.29, 1.82) is 0 Å². The van der Waals surface area contributed by atoms with Gasteiger partial charge < -0.3 is 19.5 Å². The molecule has 0 fully saturated rings. The molecule has 0 aliphatic rings. The Morgan fingerprint density at radius 1 is 0.840 bits per heavy atom. The lowest BCUT2D eigenvalue weighted by Gasteiger charge is -2.11. The first-order chi connectivity index (χ1) is 12.2. The number of ether oxygens (including phenoxy) is 3. The summed E-state index contributed by atoms with van der Waals surface area (Å²) in [4.78, 5) is 12.5. The van der Waals surface area contributed by atoms with Crippen LogP contribution < -0.4 is 19.5 Å². The largest absolute Gasteiger partial charge is 0.494 e. The van der Waals surface area contributed by atoms with Crippen LogP contribution in [0.2, 0.25) is 0 Å². The highest BCUT2D eigenvalue weighted by molar-refractivity contribution is 6.04. The van der Waals surface area contributed by atoms with E-state index in [-0.39, 0.29) is 5.91 Å². The molecule has 2 aromatic rings. The highest BCUT2D eigenvalue weighted by Crippen LogP contribution is 2.24. The maximum absolute atomic E-state index is 12.5. The van der Waals surface area contributed by atoms with Crippen LogP contribution >= 0.6 is 0 Å². The van der Waals surface area contributed by atoms with Gasteiger partial charge in [-0.1, -0.05) is 6.92 Å². The smallest absolute Gasteiger partial charge is 0.255 e. The van der Waals surface area contributed by atoms with E-state index in [0.717, 1.165) is 12.2 Å². The molecule has 0 bridgehead atoms. The predicted molar refractivity (Wildman–Crippen MR) is 99.0 cm³/mol. The summed E-state index contributed by atoms with van der Waals surface area (Å²) in [7, 11) is 0. The van der Waals surface area contributed by atoms with Crippen LogP contribution in [-0.2, 0) is 0 Å². The predicted octanol–water partition coefficient (Wildman–Crippen LogP) is 4.53. The van der Waals surface area contributed by atoms with Gasteiger partial charge >= 0.3 is 0 Å². The van der Waals surface area contributed by atoms with Gasteiger partial charge in [-0.2, -0.15) is 0 Å². The fraction of sp³-hybridized carbons (Fsp3) is 0.350. The van der Waals surface area contributed by atoms with E-state index in [1.54, 1.807) is 18.2 Å². The van der Waals surface area contributed by atoms with Gasteiger partial charge in [0.05, 0.1) is 19.8 Å². The SMILES string of the molecule is CCCOc1ccc(NC(=O)c2cc(OCC)cc(OCC)c2)cc1.